The van der Waals surface area contributed by atoms with Gasteiger partial charge in [-0.3, -0.25) is 9.48 Å². The second kappa shape index (κ2) is 6.79. The zero-order valence-electron chi connectivity index (χ0n) is 18.0. The van der Waals surface area contributed by atoms with Gasteiger partial charge in [0.25, 0.3) is 5.91 Å². The van der Waals surface area contributed by atoms with Gasteiger partial charge in [0.1, 0.15) is 5.65 Å². The van der Waals surface area contributed by atoms with Crippen LogP contribution < -0.4 is 0 Å². The number of pyridine rings is 1. The van der Waals surface area contributed by atoms with Crippen molar-refractivity contribution >= 4 is 16.9 Å². The van der Waals surface area contributed by atoms with Gasteiger partial charge in [-0.1, -0.05) is 0 Å². The Balaban J connectivity index is 1.44. The Morgan fingerprint density at radius 3 is 2.75 bits per heavy atom. The summed E-state index contributed by atoms with van der Waals surface area (Å²) in [7, 11) is 1.89. The maximum atomic E-state index is 13.1. The Morgan fingerprint density at radius 1 is 1.19 bits per heavy atom. The van der Waals surface area contributed by atoms with Crippen molar-refractivity contribution < 1.29 is 4.79 Å². The second-order valence-electron chi connectivity index (χ2n) is 8.91. The molecule has 1 atom stereocenters. The molecular weight excluding hydrogens is 400 g/mol. The summed E-state index contributed by atoms with van der Waals surface area (Å²) in [5.41, 5.74) is 6.60. The number of benzene rings is 1. The van der Waals surface area contributed by atoms with E-state index in [1.54, 1.807) is 4.68 Å². The highest BCUT2D eigenvalue weighted by Crippen LogP contribution is 2.40. The van der Waals surface area contributed by atoms with Crippen molar-refractivity contribution in [2.45, 2.75) is 32.4 Å². The van der Waals surface area contributed by atoms with Gasteiger partial charge in [-0.15, -0.1) is 0 Å². The van der Waals surface area contributed by atoms with E-state index >= 15 is 0 Å². The van der Waals surface area contributed by atoms with Gasteiger partial charge in [0, 0.05) is 60.3 Å². The lowest BCUT2D eigenvalue weighted by Gasteiger charge is -2.23. The first kappa shape index (κ1) is 18.8. The van der Waals surface area contributed by atoms with E-state index in [0.29, 0.717) is 23.6 Å². The molecule has 1 aliphatic carbocycles. The molecule has 0 spiro atoms. The summed E-state index contributed by atoms with van der Waals surface area (Å²) >= 11 is 0. The Kier molecular flexibility index (Phi) is 3.99. The van der Waals surface area contributed by atoms with Gasteiger partial charge in [0.15, 0.2) is 0 Å². The molecule has 2 aliphatic rings. The van der Waals surface area contributed by atoms with Crippen LogP contribution in [0.25, 0.3) is 33.3 Å². The van der Waals surface area contributed by atoms with Crippen molar-refractivity contribution in [3.05, 3.63) is 59.7 Å². The quantitative estimate of drug-likeness (QED) is 0.532. The van der Waals surface area contributed by atoms with Crippen molar-refractivity contribution in [2.75, 3.05) is 0 Å². The zero-order valence-corrected chi connectivity index (χ0v) is 18.0. The van der Waals surface area contributed by atoms with Crippen LogP contribution in [0.2, 0.25) is 0 Å². The SMILES string of the molecule is C[C@@H](C1CC1)N1Cc2cc(-c3cnc4[nH]cc(-c5cnn(C)c5)c4c3)cc(C#N)c2C1=O. The summed E-state index contributed by atoms with van der Waals surface area (Å²) in [5, 5.41) is 15.1. The van der Waals surface area contributed by atoms with Gasteiger partial charge < -0.3 is 9.88 Å². The molecule has 3 aromatic heterocycles. The first-order chi connectivity index (χ1) is 15.5. The van der Waals surface area contributed by atoms with Crippen LogP contribution in [-0.2, 0) is 13.6 Å². The van der Waals surface area contributed by atoms with E-state index in [-0.39, 0.29) is 11.9 Å². The normalized spacial score (nSPS) is 16.4. The molecule has 4 heterocycles. The number of amides is 1. The number of nitrogens with zero attached hydrogens (tertiary/aromatic N) is 5. The van der Waals surface area contributed by atoms with E-state index < -0.39 is 0 Å². The predicted molar refractivity (Wildman–Crippen MR) is 121 cm³/mol. The first-order valence-electron chi connectivity index (χ1n) is 10.9. The van der Waals surface area contributed by atoms with E-state index in [9.17, 15) is 10.1 Å². The van der Waals surface area contributed by atoms with Crippen molar-refractivity contribution in [1.29, 1.82) is 5.26 Å². The fraction of sp³-hybridized carbons (Fsp3) is 0.280. The van der Waals surface area contributed by atoms with Crippen LogP contribution in [0.15, 0.2) is 43.0 Å². The number of nitrogens with one attached hydrogen (secondary N) is 1. The molecule has 1 N–H and O–H groups in total. The molecule has 1 saturated carbocycles. The van der Waals surface area contributed by atoms with E-state index in [0.717, 1.165) is 38.9 Å². The lowest BCUT2D eigenvalue weighted by molar-refractivity contribution is 0.0697. The average Bonchev–Trinajstić information content (AvgIpc) is 3.29. The van der Waals surface area contributed by atoms with Gasteiger partial charge in [-0.25, -0.2) is 4.98 Å². The van der Waals surface area contributed by atoms with Gasteiger partial charge in [0.05, 0.1) is 23.4 Å². The molecule has 0 bridgehead atoms. The highest BCUT2D eigenvalue weighted by molar-refractivity contribution is 6.02. The molecule has 32 heavy (non-hydrogen) atoms. The van der Waals surface area contributed by atoms with Crippen LogP contribution in [0.1, 0.15) is 41.3 Å². The molecule has 1 aromatic carbocycles. The minimum Gasteiger partial charge on any atom is -0.346 e. The smallest absolute Gasteiger partial charge is 0.256 e. The van der Waals surface area contributed by atoms with Crippen molar-refractivity contribution in [3.8, 4) is 28.3 Å². The number of fused-ring (bicyclic) bond motifs is 2. The van der Waals surface area contributed by atoms with Crippen molar-refractivity contribution in [1.82, 2.24) is 24.6 Å². The number of carbonyl (C=O) groups excluding carboxylic acids is 1. The van der Waals surface area contributed by atoms with E-state index in [4.69, 9.17) is 0 Å². The molecule has 7 nitrogen and oxygen atoms in total. The minimum atomic E-state index is -0.0134. The molecule has 0 radical (unpaired) electrons. The average molecular weight is 422 g/mol. The first-order valence-corrected chi connectivity index (χ1v) is 10.9. The Morgan fingerprint density at radius 2 is 2.03 bits per heavy atom. The largest absolute Gasteiger partial charge is 0.346 e. The number of hydrogen-bond donors (Lipinski definition) is 1. The summed E-state index contributed by atoms with van der Waals surface area (Å²) in [6.45, 7) is 2.69. The highest BCUT2D eigenvalue weighted by atomic mass is 16.2. The summed E-state index contributed by atoms with van der Waals surface area (Å²) < 4.78 is 1.77. The van der Waals surface area contributed by atoms with Crippen LogP contribution >= 0.6 is 0 Å². The van der Waals surface area contributed by atoms with Gasteiger partial charge in [-0.2, -0.15) is 10.4 Å². The fourth-order valence-electron chi connectivity index (χ4n) is 4.86. The number of rotatable bonds is 4. The molecule has 1 aliphatic heterocycles. The number of aromatic nitrogens is 4. The Bertz CT molecular complexity index is 1430. The van der Waals surface area contributed by atoms with E-state index in [1.165, 1.54) is 12.8 Å². The Hall–Kier alpha value is -3.92. The molecular formula is C25H22N6O. The molecule has 0 saturated heterocycles. The fourth-order valence-corrected chi connectivity index (χ4v) is 4.86. The Labute approximate surface area is 185 Å². The van der Waals surface area contributed by atoms with Crippen LogP contribution in [-0.4, -0.2) is 36.6 Å². The third-order valence-electron chi connectivity index (χ3n) is 6.83. The third kappa shape index (κ3) is 2.83. The van der Waals surface area contributed by atoms with Gasteiger partial charge >= 0.3 is 0 Å². The standard InChI is InChI=1S/C25H22N6O/c1-14(15-3-4-15)31-13-19-6-16(5-17(8-26)23(19)25(31)32)18-7-21-22(11-28-24(21)27-9-18)20-10-29-30(2)12-20/h5-7,9-12,14-15H,3-4,13H2,1-2H3,(H,27,28)/t14-/m0/s1. The van der Waals surface area contributed by atoms with Crippen molar-refractivity contribution in [3.63, 3.8) is 0 Å². The third-order valence-corrected chi connectivity index (χ3v) is 6.83. The maximum Gasteiger partial charge on any atom is 0.256 e. The van der Waals surface area contributed by atoms with Gasteiger partial charge in [0.2, 0.25) is 0 Å². The molecule has 1 fully saturated rings. The van der Waals surface area contributed by atoms with Crippen LogP contribution in [0.5, 0.6) is 0 Å². The minimum absolute atomic E-state index is 0.0134. The summed E-state index contributed by atoms with van der Waals surface area (Å²) in [6, 6.07) is 8.43. The van der Waals surface area contributed by atoms with Crippen LogP contribution in [0, 0.1) is 17.2 Å². The highest BCUT2D eigenvalue weighted by Gasteiger charge is 2.39. The number of nitriles is 1. The predicted octanol–water partition coefficient (Wildman–Crippen LogP) is 4.26. The van der Waals surface area contributed by atoms with Crippen LogP contribution in [0.4, 0.5) is 0 Å². The molecule has 6 rings (SSSR count). The van der Waals surface area contributed by atoms with Crippen molar-refractivity contribution in [2.24, 2.45) is 13.0 Å². The topological polar surface area (TPSA) is 90.6 Å². The molecule has 4 aromatic rings. The number of aromatic amines is 1. The number of hydrogen-bond acceptors (Lipinski definition) is 4. The lowest BCUT2D eigenvalue weighted by atomic mass is 9.96. The zero-order chi connectivity index (χ0) is 22.0. The van der Waals surface area contributed by atoms with E-state index in [1.807, 2.05) is 48.9 Å². The second-order valence-corrected chi connectivity index (χ2v) is 8.91. The summed E-state index contributed by atoms with van der Waals surface area (Å²) in [5.74, 6) is 0.574. The van der Waals surface area contributed by atoms with Crippen LogP contribution in [0.3, 0.4) is 0 Å². The number of aryl methyl sites for hydroxylation is 1. The summed E-state index contributed by atoms with van der Waals surface area (Å²) in [6.07, 6.45) is 9.92. The molecule has 158 valence electrons. The summed E-state index contributed by atoms with van der Waals surface area (Å²) in [4.78, 5) is 22.9. The molecule has 1 amide bonds. The number of carbonyl (C=O) groups is 1. The molecule has 7 heteroatoms. The van der Waals surface area contributed by atoms with E-state index in [2.05, 4.69) is 34.1 Å². The lowest BCUT2D eigenvalue weighted by Crippen LogP contribution is -2.34. The number of H-pyrrole nitrogens is 1. The van der Waals surface area contributed by atoms with Gasteiger partial charge in [-0.05, 0) is 55.0 Å². The maximum absolute atomic E-state index is 13.1. The molecule has 0 unspecified atom stereocenters. The monoisotopic (exact) mass is 422 g/mol.